The van der Waals surface area contributed by atoms with Gasteiger partial charge in [-0.2, -0.15) is 5.10 Å². The van der Waals surface area contributed by atoms with E-state index >= 15 is 0 Å². The standard InChI is InChI=1S/C18H16BrN5O2S/c1-12-2-4-13(5-3-12)10-23-11-16(19)17(22-23)21-18(27)20-14-6-8-15(9-7-14)24(25)26/h2-9,11H,10H2,1H3,(H2,20,21,22,27). The lowest BCUT2D eigenvalue weighted by Crippen LogP contribution is -2.19. The summed E-state index contributed by atoms with van der Waals surface area (Å²) in [6.07, 6.45) is 1.87. The normalized spacial score (nSPS) is 10.4. The Morgan fingerprint density at radius 2 is 1.85 bits per heavy atom. The number of thiocarbonyl (C=S) groups is 1. The van der Waals surface area contributed by atoms with Crippen LogP contribution in [0.15, 0.2) is 59.2 Å². The van der Waals surface area contributed by atoms with Crippen LogP contribution in [0.1, 0.15) is 11.1 Å². The molecule has 138 valence electrons. The molecule has 7 nitrogen and oxygen atoms in total. The van der Waals surface area contributed by atoms with Crippen LogP contribution in [0.3, 0.4) is 0 Å². The summed E-state index contributed by atoms with van der Waals surface area (Å²) in [5, 5.41) is 21.5. The lowest BCUT2D eigenvalue weighted by Gasteiger charge is -2.09. The number of non-ortho nitro benzene ring substituents is 1. The van der Waals surface area contributed by atoms with Crippen molar-refractivity contribution >= 4 is 50.5 Å². The van der Waals surface area contributed by atoms with Crippen molar-refractivity contribution in [2.24, 2.45) is 0 Å². The lowest BCUT2D eigenvalue weighted by atomic mass is 10.1. The molecule has 0 amide bonds. The van der Waals surface area contributed by atoms with Crippen molar-refractivity contribution in [3.63, 3.8) is 0 Å². The zero-order valence-electron chi connectivity index (χ0n) is 14.3. The molecule has 1 aromatic heterocycles. The minimum atomic E-state index is -0.446. The number of hydrogen-bond acceptors (Lipinski definition) is 4. The van der Waals surface area contributed by atoms with Gasteiger partial charge in [-0.15, -0.1) is 0 Å². The van der Waals surface area contributed by atoms with Crippen LogP contribution in [0.2, 0.25) is 0 Å². The molecule has 3 rings (SSSR count). The Morgan fingerprint density at radius 1 is 1.19 bits per heavy atom. The van der Waals surface area contributed by atoms with Crippen molar-refractivity contribution in [1.82, 2.24) is 9.78 Å². The van der Waals surface area contributed by atoms with Crippen LogP contribution < -0.4 is 10.6 Å². The molecule has 2 aromatic carbocycles. The van der Waals surface area contributed by atoms with Gasteiger partial charge in [0, 0.05) is 24.0 Å². The van der Waals surface area contributed by atoms with Gasteiger partial charge in [0.25, 0.3) is 5.69 Å². The van der Waals surface area contributed by atoms with Crippen LogP contribution in [-0.4, -0.2) is 19.8 Å². The van der Waals surface area contributed by atoms with Crippen LogP contribution in [-0.2, 0) is 6.54 Å². The van der Waals surface area contributed by atoms with Crippen molar-refractivity contribution in [3.8, 4) is 0 Å². The topological polar surface area (TPSA) is 85.0 Å². The number of anilines is 2. The highest BCUT2D eigenvalue weighted by molar-refractivity contribution is 9.10. The second-order valence-electron chi connectivity index (χ2n) is 5.89. The summed E-state index contributed by atoms with van der Waals surface area (Å²) in [6.45, 7) is 2.69. The quantitative estimate of drug-likeness (QED) is 0.335. The summed E-state index contributed by atoms with van der Waals surface area (Å²) < 4.78 is 2.59. The first-order valence-electron chi connectivity index (χ1n) is 8.01. The predicted octanol–water partition coefficient (Wildman–Crippen LogP) is 4.72. The van der Waals surface area contributed by atoms with Crippen molar-refractivity contribution in [2.75, 3.05) is 10.6 Å². The largest absolute Gasteiger partial charge is 0.332 e. The summed E-state index contributed by atoms with van der Waals surface area (Å²) in [4.78, 5) is 10.2. The zero-order chi connectivity index (χ0) is 19.4. The van der Waals surface area contributed by atoms with Crippen LogP contribution in [0.25, 0.3) is 0 Å². The van der Waals surface area contributed by atoms with Crippen molar-refractivity contribution in [1.29, 1.82) is 0 Å². The SMILES string of the molecule is Cc1ccc(Cn2cc(Br)c(NC(=S)Nc3ccc([N+](=O)[O-])cc3)n2)cc1. The third kappa shape index (κ3) is 5.11. The summed E-state index contributed by atoms with van der Waals surface area (Å²) in [6, 6.07) is 14.3. The van der Waals surface area contributed by atoms with Gasteiger partial charge in [-0.1, -0.05) is 29.8 Å². The molecule has 0 bridgehead atoms. The molecule has 2 N–H and O–H groups in total. The molecular formula is C18H16BrN5O2S. The molecular weight excluding hydrogens is 430 g/mol. The Labute approximate surface area is 169 Å². The molecule has 9 heteroatoms. The fraction of sp³-hybridized carbons (Fsp3) is 0.111. The van der Waals surface area contributed by atoms with Gasteiger partial charge in [-0.05, 0) is 52.8 Å². The Hall–Kier alpha value is -2.78. The van der Waals surface area contributed by atoms with Crippen LogP contribution in [0, 0.1) is 17.0 Å². The molecule has 0 saturated heterocycles. The highest BCUT2D eigenvalue weighted by Crippen LogP contribution is 2.22. The van der Waals surface area contributed by atoms with E-state index in [9.17, 15) is 10.1 Å². The van der Waals surface area contributed by atoms with Gasteiger partial charge in [0.2, 0.25) is 0 Å². The molecule has 0 spiro atoms. The minimum Gasteiger partial charge on any atom is -0.332 e. The summed E-state index contributed by atoms with van der Waals surface area (Å²) in [5.74, 6) is 0.585. The van der Waals surface area contributed by atoms with Gasteiger partial charge in [0.15, 0.2) is 10.9 Å². The van der Waals surface area contributed by atoms with Gasteiger partial charge >= 0.3 is 0 Å². The van der Waals surface area contributed by atoms with E-state index in [2.05, 4.69) is 62.9 Å². The number of aryl methyl sites for hydroxylation is 1. The smallest absolute Gasteiger partial charge is 0.269 e. The Kier molecular flexibility index (Phi) is 5.82. The van der Waals surface area contributed by atoms with Gasteiger partial charge in [-0.25, -0.2) is 0 Å². The van der Waals surface area contributed by atoms with E-state index in [-0.39, 0.29) is 5.69 Å². The molecule has 0 unspecified atom stereocenters. The molecule has 0 aliphatic rings. The van der Waals surface area contributed by atoms with E-state index < -0.39 is 4.92 Å². The number of nitrogens with zero attached hydrogens (tertiary/aromatic N) is 3. The number of hydrogen-bond donors (Lipinski definition) is 2. The predicted molar refractivity (Wildman–Crippen MR) is 113 cm³/mol. The average Bonchev–Trinajstić information content (AvgIpc) is 2.96. The first-order chi connectivity index (χ1) is 12.9. The van der Waals surface area contributed by atoms with Gasteiger partial charge < -0.3 is 10.6 Å². The second kappa shape index (κ2) is 8.28. The number of aromatic nitrogens is 2. The van der Waals surface area contributed by atoms with Crippen molar-refractivity contribution in [3.05, 3.63) is 80.4 Å². The summed E-state index contributed by atoms with van der Waals surface area (Å²) in [7, 11) is 0. The maximum Gasteiger partial charge on any atom is 0.269 e. The van der Waals surface area contributed by atoms with E-state index in [1.165, 1.54) is 17.7 Å². The molecule has 0 saturated carbocycles. The third-order valence-electron chi connectivity index (χ3n) is 3.75. The van der Waals surface area contributed by atoms with Crippen LogP contribution >= 0.6 is 28.1 Å². The molecule has 0 radical (unpaired) electrons. The first kappa shape index (κ1) is 19.0. The molecule has 0 atom stereocenters. The van der Waals surface area contributed by atoms with E-state index in [4.69, 9.17) is 12.2 Å². The molecule has 0 fully saturated rings. The van der Waals surface area contributed by atoms with Gasteiger partial charge in [-0.3, -0.25) is 14.8 Å². The maximum atomic E-state index is 10.7. The number of nitrogens with one attached hydrogen (secondary N) is 2. The zero-order valence-corrected chi connectivity index (χ0v) is 16.8. The maximum absolute atomic E-state index is 10.7. The number of nitro benzene ring substituents is 1. The second-order valence-corrected chi connectivity index (χ2v) is 7.15. The monoisotopic (exact) mass is 445 g/mol. The molecule has 3 aromatic rings. The van der Waals surface area contributed by atoms with Crippen LogP contribution in [0.4, 0.5) is 17.2 Å². The fourth-order valence-corrected chi connectivity index (χ4v) is 3.01. The fourth-order valence-electron chi connectivity index (χ4n) is 2.38. The molecule has 0 aliphatic heterocycles. The number of benzene rings is 2. The minimum absolute atomic E-state index is 0.0250. The Bertz CT molecular complexity index is 970. The summed E-state index contributed by atoms with van der Waals surface area (Å²) >= 11 is 8.76. The van der Waals surface area contributed by atoms with E-state index in [1.54, 1.807) is 12.1 Å². The number of halogens is 1. The first-order valence-corrected chi connectivity index (χ1v) is 9.22. The van der Waals surface area contributed by atoms with Gasteiger partial charge in [0.1, 0.15) is 0 Å². The van der Waals surface area contributed by atoms with Gasteiger partial charge in [0.05, 0.1) is 15.9 Å². The molecule has 27 heavy (non-hydrogen) atoms. The van der Waals surface area contributed by atoms with Crippen molar-refractivity contribution in [2.45, 2.75) is 13.5 Å². The molecule has 0 aliphatic carbocycles. The molecule has 1 heterocycles. The Balaban J connectivity index is 1.63. The van der Waals surface area contributed by atoms with E-state index in [0.717, 1.165) is 10.0 Å². The summed E-state index contributed by atoms with van der Waals surface area (Å²) in [5.41, 5.74) is 3.03. The number of nitro groups is 1. The van der Waals surface area contributed by atoms with E-state index in [0.29, 0.717) is 23.2 Å². The lowest BCUT2D eigenvalue weighted by molar-refractivity contribution is -0.384. The van der Waals surface area contributed by atoms with Crippen molar-refractivity contribution < 1.29 is 4.92 Å². The number of rotatable bonds is 5. The van der Waals surface area contributed by atoms with E-state index in [1.807, 2.05) is 10.9 Å². The highest BCUT2D eigenvalue weighted by atomic mass is 79.9. The third-order valence-corrected chi connectivity index (χ3v) is 4.53. The highest BCUT2D eigenvalue weighted by Gasteiger charge is 2.10. The van der Waals surface area contributed by atoms with Crippen LogP contribution in [0.5, 0.6) is 0 Å². The average molecular weight is 446 g/mol. The Morgan fingerprint density at radius 3 is 2.48 bits per heavy atom.